The normalized spacial score (nSPS) is 15.4. The van der Waals surface area contributed by atoms with Gasteiger partial charge >= 0.3 is 5.97 Å². The van der Waals surface area contributed by atoms with E-state index in [2.05, 4.69) is 23.3 Å². The van der Waals surface area contributed by atoms with E-state index in [1.807, 2.05) is 30.3 Å². The molecule has 48 heavy (non-hydrogen) atoms. The highest BCUT2D eigenvalue weighted by Gasteiger charge is 2.24. The molecule has 0 N–H and O–H groups in total. The van der Waals surface area contributed by atoms with Crippen molar-refractivity contribution in [2.75, 3.05) is 45.4 Å². The number of unbranched alkanes of at least 4 members (excludes halogenated alkanes) is 1. The van der Waals surface area contributed by atoms with Crippen LogP contribution in [0.4, 0.5) is 10.2 Å². The molecule has 0 saturated carbocycles. The van der Waals surface area contributed by atoms with E-state index in [4.69, 9.17) is 34.2 Å². The molecular formula is C37H44FN5O5. The van der Waals surface area contributed by atoms with Crippen LogP contribution < -0.4 is 9.64 Å². The van der Waals surface area contributed by atoms with Gasteiger partial charge in [-0.15, -0.1) is 0 Å². The summed E-state index contributed by atoms with van der Waals surface area (Å²) in [6.45, 7) is 8.00. The minimum absolute atomic E-state index is 0.00755. The number of rotatable bonds is 17. The Morgan fingerprint density at radius 1 is 1.15 bits per heavy atom. The largest absolute Gasteiger partial charge is 0.473 e. The van der Waals surface area contributed by atoms with Gasteiger partial charge in [-0.2, -0.15) is 10.2 Å². The first kappa shape index (κ1) is 34.8. The van der Waals surface area contributed by atoms with Gasteiger partial charge in [-0.3, -0.25) is 0 Å². The average Bonchev–Trinajstić information content (AvgIpc) is 3.44. The molecule has 3 atom stereocenters. The second-order valence-electron chi connectivity index (χ2n) is 12.5. The number of ether oxygens (including phenoxy) is 4. The summed E-state index contributed by atoms with van der Waals surface area (Å²) in [5.41, 5.74) is 2.91. The molecule has 3 heterocycles. The van der Waals surface area contributed by atoms with Crippen LogP contribution in [-0.2, 0) is 27.4 Å². The van der Waals surface area contributed by atoms with Gasteiger partial charge in [0.05, 0.1) is 54.6 Å². The molecule has 0 unspecified atom stereocenters. The quantitative estimate of drug-likeness (QED) is 0.0909. The number of fused-ring (bicyclic) bond motifs is 1. The Morgan fingerprint density at radius 2 is 1.98 bits per heavy atom. The SMILES string of the molecule is COC[C@H](C)CN(CCCC[C@@H](C)c1nc2ccc(C(=O)OC)cc2n1C[C@@H]1CCO1)c1cccc(OCc2ccc(C#N)cc2F)n1. The third-order valence-corrected chi connectivity index (χ3v) is 8.71. The Bertz CT molecular complexity index is 1730. The van der Waals surface area contributed by atoms with Crippen LogP contribution in [0, 0.1) is 23.1 Å². The van der Waals surface area contributed by atoms with Crippen molar-refractivity contribution in [1.29, 1.82) is 5.26 Å². The number of carbonyl (C=O) groups excluding carboxylic acids is 1. The summed E-state index contributed by atoms with van der Waals surface area (Å²) in [6, 6.07) is 17.4. The number of nitriles is 1. The lowest BCUT2D eigenvalue weighted by Crippen LogP contribution is -2.32. The number of benzene rings is 2. The molecule has 10 nitrogen and oxygen atoms in total. The summed E-state index contributed by atoms with van der Waals surface area (Å²) in [6.07, 6.45) is 4.00. The van der Waals surface area contributed by atoms with Gasteiger partial charge < -0.3 is 28.4 Å². The van der Waals surface area contributed by atoms with Crippen molar-refractivity contribution in [3.63, 3.8) is 0 Å². The van der Waals surface area contributed by atoms with E-state index in [0.29, 0.717) is 30.2 Å². The Balaban J connectivity index is 1.25. The van der Waals surface area contributed by atoms with Gasteiger partial charge in [0, 0.05) is 44.4 Å². The molecule has 0 spiro atoms. The fraction of sp³-hybridized carbons (Fsp3) is 0.459. The Labute approximate surface area is 281 Å². The fourth-order valence-electron chi connectivity index (χ4n) is 6.03. The summed E-state index contributed by atoms with van der Waals surface area (Å²) in [5, 5.41) is 9.01. The minimum atomic E-state index is -0.479. The number of methoxy groups -OCH3 is 2. The predicted octanol–water partition coefficient (Wildman–Crippen LogP) is 6.66. The predicted molar refractivity (Wildman–Crippen MR) is 181 cm³/mol. The summed E-state index contributed by atoms with van der Waals surface area (Å²) < 4.78 is 38.6. The van der Waals surface area contributed by atoms with Crippen LogP contribution in [0.2, 0.25) is 0 Å². The number of carbonyl (C=O) groups is 1. The number of esters is 1. The average molecular weight is 658 g/mol. The Hall–Kier alpha value is -4.53. The highest BCUT2D eigenvalue weighted by Crippen LogP contribution is 2.29. The highest BCUT2D eigenvalue weighted by molar-refractivity contribution is 5.93. The minimum Gasteiger partial charge on any atom is -0.473 e. The summed E-state index contributed by atoms with van der Waals surface area (Å²) in [7, 11) is 3.10. The lowest BCUT2D eigenvalue weighted by Gasteiger charge is -2.28. The zero-order valence-corrected chi connectivity index (χ0v) is 28.2. The Kier molecular flexibility index (Phi) is 12.0. The zero-order valence-electron chi connectivity index (χ0n) is 28.2. The number of halogens is 1. The van der Waals surface area contributed by atoms with E-state index in [-0.39, 0.29) is 36.1 Å². The molecule has 0 aliphatic carbocycles. The number of anilines is 1. The molecule has 0 radical (unpaired) electrons. The van der Waals surface area contributed by atoms with Gasteiger partial charge in [-0.25, -0.2) is 14.2 Å². The van der Waals surface area contributed by atoms with Gasteiger partial charge in [0.25, 0.3) is 0 Å². The first-order chi connectivity index (χ1) is 23.3. The van der Waals surface area contributed by atoms with E-state index >= 15 is 0 Å². The van der Waals surface area contributed by atoms with E-state index in [0.717, 1.165) is 68.1 Å². The van der Waals surface area contributed by atoms with Crippen LogP contribution in [0.15, 0.2) is 54.6 Å². The van der Waals surface area contributed by atoms with Crippen LogP contribution in [0.1, 0.15) is 72.8 Å². The zero-order chi connectivity index (χ0) is 34.0. The van der Waals surface area contributed by atoms with Crippen LogP contribution in [0.3, 0.4) is 0 Å². The van der Waals surface area contributed by atoms with Gasteiger partial charge in [0.2, 0.25) is 5.88 Å². The molecule has 1 aliphatic rings. The van der Waals surface area contributed by atoms with E-state index < -0.39 is 5.82 Å². The second-order valence-corrected chi connectivity index (χ2v) is 12.5. The Morgan fingerprint density at radius 3 is 2.69 bits per heavy atom. The third-order valence-electron chi connectivity index (χ3n) is 8.71. The number of hydrogen-bond donors (Lipinski definition) is 0. The van der Waals surface area contributed by atoms with Gasteiger partial charge in [0.15, 0.2) is 0 Å². The maximum absolute atomic E-state index is 14.4. The van der Waals surface area contributed by atoms with Gasteiger partial charge in [0.1, 0.15) is 24.1 Å². The number of pyridine rings is 1. The van der Waals surface area contributed by atoms with Crippen LogP contribution in [-0.4, -0.2) is 67.1 Å². The third kappa shape index (κ3) is 8.68. The van der Waals surface area contributed by atoms with Crippen LogP contribution in [0.25, 0.3) is 11.0 Å². The second kappa shape index (κ2) is 16.5. The van der Waals surface area contributed by atoms with Crippen LogP contribution >= 0.6 is 0 Å². The lowest BCUT2D eigenvalue weighted by atomic mass is 10.0. The van der Waals surface area contributed by atoms with Crippen molar-refractivity contribution in [2.24, 2.45) is 5.92 Å². The van der Waals surface area contributed by atoms with Gasteiger partial charge in [-0.1, -0.05) is 32.4 Å². The molecule has 4 aromatic rings. The monoisotopic (exact) mass is 657 g/mol. The van der Waals surface area contributed by atoms with Crippen molar-refractivity contribution in [2.45, 2.75) is 64.7 Å². The molecular weight excluding hydrogens is 613 g/mol. The lowest BCUT2D eigenvalue weighted by molar-refractivity contribution is -0.0591. The van der Waals surface area contributed by atoms with Crippen molar-refractivity contribution in [3.05, 3.63) is 82.9 Å². The molecule has 254 valence electrons. The highest BCUT2D eigenvalue weighted by atomic mass is 19.1. The molecule has 1 aliphatic heterocycles. The topological polar surface area (TPSA) is 112 Å². The fourth-order valence-corrected chi connectivity index (χ4v) is 6.03. The van der Waals surface area contributed by atoms with E-state index in [1.165, 1.54) is 13.2 Å². The van der Waals surface area contributed by atoms with Gasteiger partial charge in [-0.05, 0) is 61.6 Å². The van der Waals surface area contributed by atoms with E-state index in [9.17, 15) is 9.18 Å². The molecule has 1 saturated heterocycles. The number of nitrogens with zero attached hydrogens (tertiary/aromatic N) is 5. The van der Waals surface area contributed by atoms with Crippen molar-refractivity contribution in [3.8, 4) is 11.9 Å². The van der Waals surface area contributed by atoms with Crippen molar-refractivity contribution in [1.82, 2.24) is 14.5 Å². The molecule has 2 aromatic carbocycles. The number of hydrogen-bond acceptors (Lipinski definition) is 9. The maximum atomic E-state index is 14.4. The van der Waals surface area contributed by atoms with Crippen LogP contribution in [0.5, 0.6) is 5.88 Å². The first-order valence-corrected chi connectivity index (χ1v) is 16.5. The summed E-state index contributed by atoms with van der Waals surface area (Å²) in [5.74, 6) is 1.81. The molecule has 5 rings (SSSR count). The van der Waals surface area contributed by atoms with E-state index in [1.54, 1.807) is 31.4 Å². The molecule has 1 fully saturated rings. The summed E-state index contributed by atoms with van der Waals surface area (Å²) in [4.78, 5) is 24.3. The summed E-state index contributed by atoms with van der Waals surface area (Å²) >= 11 is 0. The smallest absolute Gasteiger partial charge is 0.337 e. The maximum Gasteiger partial charge on any atom is 0.337 e. The standard InChI is InChI=1S/C37H44FN5O5/c1-25(23-45-3)21-42(34-9-7-10-35(41-34)48-24-29-12-11-27(20-39)18-31(29)38)16-6-5-8-26(2)36-40-32-14-13-28(37(44)46-4)19-33(32)43(36)22-30-15-17-47-30/h7,9-14,18-19,25-26,30H,5-6,8,15-17,21-24H2,1-4H3/t25-,26-,30+/m1/s1. The molecule has 2 aromatic heterocycles. The number of aromatic nitrogens is 3. The number of imidazole rings is 1. The molecule has 0 bridgehead atoms. The molecule has 11 heteroatoms. The van der Waals surface area contributed by atoms with Crippen molar-refractivity contribution < 1.29 is 28.1 Å². The molecule has 0 amide bonds. The first-order valence-electron chi connectivity index (χ1n) is 16.5. The van der Waals surface area contributed by atoms with Crippen molar-refractivity contribution >= 4 is 22.8 Å².